The molecule has 0 radical (unpaired) electrons. The van der Waals surface area contributed by atoms with Crippen LogP contribution >= 0.6 is 0 Å². The Morgan fingerprint density at radius 2 is 2.47 bits per heavy atom. The minimum atomic E-state index is 0.440. The molecule has 1 rings (SSSR count). The van der Waals surface area contributed by atoms with E-state index in [0.717, 1.165) is 24.7 Å². The molecule has 2 nitrogen and oxygen atoms in total. The van der Waals surface area contributed by atoms with Crippen molar-refractivity contribution in [3.63, 3.8) is 0 Å². The van der Waals surface area contributed by atoms with Crippen molar-refractivity contribution in [1.29, 1.82) is 0 Å². The van der Waals surface area contributed by atoms with Gasteiger partial charge in [-0.15, -0.1) is 5.73 Å². The molecule has 0 saturated heterocycles. The van der Waals surface area contributed by atoms with Crippen LogP contribution in [0, 0.1) is 5.92 Å². The summed E-state index contributed by atoms with van der Waals surface area (Å²) in [5.74, 6) is 0.440. The maximum Gasteiger partial charge on any atom is 0.151 e. The van der Waals surface area contributed by atoms with Crippen LogP contribution in [0.1, 0.15) is 29.3 Å². The van der Waals surface area contributed by atoms with Gasteiger partial charge >= 0.3 is 0 Å². The van der Waals surface area contributed by atoms with Gasteiger partial charge < -0.3 is 0 Å². The minimum Gasteiger partial charge on any atom is -0.298 e. The molecule has 0 saturated carbocycles. The van der Waals surface area contributed by atoms with E-state index in [0.29, 0.717) is 11.5 Å². The third kappa shape index (κ3) is 3.53. The van der Waals surface area contributed by atoms with Gasteiger partial charge in [0.1, 0.15) is 0 Å². The molecule has 0 aromatic carbocycles. The lowest BCUT2D eigenvalue weighted by Gasteiger charge is -2.06. The third-order valence-electron chi connectivity index (χ3n) is 2.34. The summed E-state index contributed by atoms with van der Waals surface area (Å²) in [5, 5.41) is 0. The van der Waals surface area contributed by atoms with Crippen molar-refractivity contribution in [2.24, 2.45) is 5.92 Å². The zero-order chi connectivity index (χ0) is 11.1. The molecule has 0 aliphatic carbocycles. The first kappa shape index (κ1) is 11.4. The van der Waals surface area contributed by atoms with Crippen LogP contribution in [0.25, 0.3) is 0 Å². The van der Waals surface area contributed by atoms with Gasteiger partial charge in [0, 0.05) is 18.0 Å². The van der Waals surface area contributed by atoms with E-state index >= 15 is 0 Å². The van der Waals surface area contributed by atoms with Crippen molar-refractivity contribution >= 4 is 6.29 Å². The smallest absolute Gasteiger partial charge is 0.151 e. The molecule has 0 aliphatic rings. The SMILES string of the molecule is C=C=CC(C)CCc1ccncc1C=O. The molecule has 0 aliphatic heterocycles. The lowest BCUT2D eigenvalue weighted by molar-refractivity contribution is 0.112. The van der Waals surface area contributed by atoms with Gasteiger partial charge in [-0.05, 0) is 36.5 Å². The van der Waals surface area contributed by atoms with Crippen LogP contribution in [-0.2, 0) is 6.42 Å². The number of hydrogen-bond donors (Lipinski definition) is 0. The number of allylic oxidation sites excluding steroid dienone is 1. The molecule has 1 unspecified atom stereocenters. The normalized spacial score (nSPS) is 11.5. The first-order chi connectivity index (χ1) is 7.27. The highest BCUT2D eigenvalue weighted by Gasteiger charge is 2.03. The van der Waals surface area contributed by atoms with Crippen molar-refractivity contribution in [1.82, 2.24) is 4.98 Å². The van der Waals surface area contributed by atoms with E-state index in [9.17, 15) is 4.79 Å². The summed E-state index contributed by atoms with van der Waals surface area (Å²) >= 11 is 0. The zero-order valence-corrected chi connectivity index (χ0v) is 8.94. The van der Waals surface area contributed by atoms with Gasteiger partial charge in [0.2, 0.25) is 0 Å². The molecule has 1 heterocycles. The number of carbonyl (C=O) groups excluding carboxylic acids is 1. The second-order valence-corrected chi connectivity index (χ2v) is 3.58. The third-order valence-corrected chi connectivity index (χ3v) is 2.34. The van der Waals surface area contributed by atoms with Gasteiger partial charge in [-0.1, -0.05) is 13.5 Å². The number of aromatic nitrogens is 1. The summed E-state index contributed by atoms with van der Waals surface area (Å²) in [6.45, 7) is 5.65. The second kappa shape index (κ2) is 5.94. The van der Waals surface area contributed by atoms with Crippen molar-refractivity contribution in [2.75, 3.05) is 0 Å². The van der Waals surface area contributed by atoms with E-state index in [1.807, 2.05) is 12.1 Å². The van der Waals surface area contributed by atoms with Crippen LogP contribution < -0.4 is 0 Å². The standard InChI is InChI=1S/C13H15NO/c1-3-4-11(2)5-6-12-7-8-14-9-13(12)10-15/h4,7-11H,1,5-6H2,2H3. The number of carbonyl (C=O) groups is 1. The predicted octanol–water partition coefficient (Wildman–Crippen LogP) is 2.80. The highest BCUT2D eigenvalue weighted by atomic mass is 16.1. The van der Waals surface area contributed by atoms with Crippen LogP contribution in [0.4, 0.5) is 0 Å². The molecule has 2 heteroatoms. The van der Waals surface area contributed by atoms with Crippen LogP contribution in [-0.4, -0.2) is 11.3 Å². The summed E-state index contributed by atoms with van der Waals surface area (Å²) in [6, 6.07) is 1.90. The molecule has 0 N–H and O–H groups in total. The molecule has 15 heavy (non-hydrogen) atoms. The summed E-state index contributed by atoms with van der Waals surface area (Å²) in [4.78, 5) is 14.6. The van der Waals surface area contributed by atoms with Gasteiger partial charge in [-0.2, -0.15) is 0 Å². The first-order valence-corrected chi connectivity index (χ1v) is 5.02. The Labute approximate surface area is 90.4 Å². The summed E-state index contributed by atoms with van der Waals surface area (Å²) in [5.41, 5.74) is 4.52. The number of aldehydes is 1. The highest BCUT2D eigenvalue weighted by Crippen LogP contribution is 2.12. The Morgan fingerprint density at radius 1 is 1.67 bits per heavy atom. The van der Waals surface area contributed by atoms with Gasteiger partial charge in [0.15, 0.2) is 6.29 Å². The van der Waals surface area contributed by atoms with E-state index < -0.39 is 0 Å². The molecule has 1 atom stereocenters. The average Bonchev–Trinajstić information content (AvgIpc) is 2.27. The Kier molecular flexibility index (Phi) is 4.52. The lowest BCUT2D eigenvalue weighted by atomic mass is 9.99. The van der Waals surface area contributed by atoms with Gasteiger partial charge in [-0.25, -0.2) is 0 Å². The number of aryl methyl sites for hydroxylation is 1. The summed E-state index contributed by atoms with van der Waals surface area (Å²) in [7, 11) is 0. The number of nitrogens with zero attached hydrogens (tertiary/aromatic N) is 1. The Morgan fingerprint density at radius 3 is 3.13 bits per heavy atom. The van der Waals surface area contributed by atoms with Gasteiger partial charge in [0.05, 0.1) is 0 Å². The Bertz CT molecular complexity index is 378. The van der Waals surface area contributed by atoms with Crippen LogP contribution in [0.15, 0.2) is 36.8 Å². The average molecular weight is 201 g/mol. The molecule has 0 amide bonds. The Hall–Kier alpha value is -1.66. The van der Waals surface area contributed by atoms with E-state index in [4.69, 9.17) is 0 Å². The van der Waals surface area contributed by atoms with Crippen molar-refractivity contribution in [3.05, 3.63) is 48.0 Å². The number of pyridine rings is 1. The van der Waals surface area contributed by atoms with Crippen LogP contribution in [0.2, 0.25) is 0 Å². The summed E-state index contributed by atoms with van der Waals surface area (Å²) < 4.78 is 0. The topological polar surface area (TPSA) is 30.0 Å². The van der Waals surface area contributed by atoms with E-state index in [1.165, 1.54) is 0 Å². The molecule has 1 aromatic rings. The molecular weight excluding hydrogens is 186 g/mol. The van der Waals surface area contributed by atoms with Gasteiger partial charge in [0.25, 0.3) is 0 Å². The predicted molar refractivity (Wildman–Crippen MR) is 60.8 cm³/mol. The van der Waals surface area contributed by atoms with Gasteiger partial charge in [-0.3, -0.25) is 9.78 Å². The Balaban J connectivity index is 2.64. The monoisotopic (exact) mass is 201 g/mol. The fourth-order valence-electron chi connectivity index (χ4n) is 1.44. The van der Waals surface area contributed by atoms with Crippen molar-refractivity contribution in [3.8, 4) is 0 Å². The maximum absolute atomic E-state index is 10.7. The molecule has 1 aromatic heterocycles. The molecular formula is C13H15NO. The van der Waals surface area contributed by atoms with E-state index in [-0.39, 0.29) is 0 Å². The fraction of sp³-hybridized carbons (Fsp3) is 0.308. The highest BCUT2D eigenvalue weighted by molar-refractivity contribution is 5.76. The van der Waals surface area contributed by atoms with Crippen molar-refractivity contribution in [2.45, 2.75) is 19.8 Å². The summed E-state index contributed by atoms with van der Waals surface area (Å²) in [6.07, 6.45) is 8.01. The maximum atomic E-state index is 10.7. The van der Waals surface area contributed by atoms with Crippen LogP contribution in [0.5, 0.6) is 0 Å². The lowest BCUT2D eigenvalue weighted by Crippen LogP contribution is -1.97. The fourth-order valence-corrected chi connectivity index (χ4v) is 1.44. The molecule has 78 valence electrons. The first-order valence-electron chi connectivity index (χ1n) is 5.02. The second-order valence-electron chi connectivity index (χ2n) is 3.58. The largest absolute Gasteiger partial charge is 0.298 e. The molecule has 0 spiro atoms. The van der Waals surface area contributed by atoms with Crippen LogP contribution in [0.3, 0.4) is 0 Å². The van der Waals surface area contributed by atoms with E-state index in [2.05, 4.69) is 24.2 Å². The number of rotatable bonds is 5. The van der Waals surface area contributed by atoms with E-state index in [1.54, 1.807) is 12.4 Å². The molecule has 0 bridgehead atoms. The number of hydrogen-bond acceptors (Lipinski definition) is 2. The quantitative estimate of drug-likeness (QED) is 0.541. The van der Waals surface area contributed by atoms with Crippen molar-refractivity contribution < 1.29 is 4.79 Å². The zero-order valence-electron chi connectivity index (χ0n) is 8.94. The molecule has 0 fully saturated rings. The minimum absolute atomic E-state index is 0.440.